The van der Waals surface area contributed by atoms with E-state index in [0.29, 0.717) is 30.3 Å². The molecule has 316 valence electrons. The Morgan fingerprint density at radius 1 is 0.691 bits per heavy atom. The quantitative estimate of drug-likeness (QED) is 0.0165. The number of nitrogens with zero attached hydrogens (tertiary/aromatic N) is 1. The van der Waals surface area contributed by atoms with Crippen LogP contribution in [0.3, 0.4) is 0 Å². The maximum Gasteiger partial charge on any atom is 0.306 e. The van der Waals surface area contributed by atoms with Gasteiger partial charge in [0.15, 0.2) is 6.10 Å². The molecule has 0 aromatic heterocycles. The van der Waals surface area contributed by atoms with E-state index < -0.39 is 38.6 Å². The summed E-state index contributed by atoms with van der Waals surface area (Å²) in [7, 11) is 1.05. The number of hydrogen-bond acceptors (Lipinski definition) is 9. The van der Waals surface area contributed by atoms with Crippen LogP contribution >= 0.6 is 7.82 Å². The molecule has 0 aromatic carbocycles. The van der Waals surface area contributed by atoms with Gasteiger partial charge in [0.05, 0.1) is 33.9 Å². The number of unbranched alkanes of at least 4 members (excludes halogenated alkanes) is 10. The number of carbonyl (C=O) groups is 2. The SMILES string of the molecule is CC/C=C\C/C=C\C/C=C\C/C=C\C=C/C(O)C/C=C\CCC(=O)O[C@H](COC(=O)CCCCCCCCCCCCC)COP(=O)([O-])OCC[N+](C)(C)C. The van der Waals surface area contributed by atoms with E-state index in [0.717, 1.165) is 44.9 Å². The molecule has 0 rings (SSSR count). The molecule has 10 nitrogen and oxygen atoms in total. The number of likely N-dealkylation sites (N-methyl/N-ethyl adjacent to an activating group) is 1. The number of aliphatic hydroxyl groups excluding tert-OH is 1. The summed E-state index contributed by atoms with van der Waals surface area (Å²) in [6, 6.07) is 0. The average Bonchev–Trinajstić information content (AvgIpc) is 3.12. The number of aliphatic hydroxyl groups is 1. The molecule has 0 aliphatic carbocycles. The number of allylic oxidation sites excluding steroid dienone is 10. The van der Waals surface area contributed by atoms with Crippen LogP contribution in [0.15, 0.2) is 72.9 Å². The fourth-order valence-corrected chi connectivity index (χ4v) is 5.79. The standard InChI is InChI=1S/C44H76NO9P/c1-6-8-10-12-14-16-18-19-21-22-24-26-29-33-41(46)34-30-28-32-36-44(48)54-42(40-53-55(49,50)52-38-37-45(3,4)5)39-51-43(47)35-31-27-25-23-20-17-15-13-11-9-7-2/h8,10,14,16,19,21,24,26,28-30,33,41-42,46H,6-7,9,11-13,15,17-18,20,22-23,25,27,31-32,34-40H2,1-5H3/b10-8-,16-14-,21-19-,26-24-,30-28-,33-29-/t41?,42-/m1/s1. The Bertz CT molecular complexity index is 1190. The zero-order valence-electron chi connectivity index (χ0n) is 35.0. The maximum absolute atomic E-state index is 12.6. The van der Waals surface area contributed by atoms with Crippen molar-refractivity contribution in [2.24, 2.45) is 0 Å². The van der Waals surface area contributed by atoms with Crippen molar-refractivity contribution in [1.82, 2.24) is 0 Å². The molecule has 11 heteroatoms. The highest BCUT2D eigenvalue weighted by atomic mass is 31.2. The minimum atomic E-state index is -4.67. The minimum Gasteiger partial charge on any atom is -0.756 e. The van der Waals surface area contributed by atoms with Crippen molar-refractivity contribution in [2.75, 3.05) is 47.5 Å². The lowest BCUT2D eigenvalue weighted by atomic mass is 10.1. The van der Waals surface area contributed by atoms with Crippen LogP contribution < -0.4 is 4.89 Å². The predicted molar refractivity (Wildman–Crippen MR) is 223 cm³/mol. The minimum absolute atomic E-state index is 0.0165. The molecule has 0 saturated carbocycles. The number of phosphoric ester groups is 1. The zero-order chi connectivity index (χ0) is 40.9. The third kappa shape index (κ3) is 39.4. The number of quaternary nitrogens is 1. The van der Waals surface area contributed by atoms with Gasteiger partial charge in [0, 0.05) is 12.8 Å². The summed E-state index contributed by atoms with van der Waals surface area (Å²) in [4.78, 5) is 37.4. The summed E-state index contributed by atoms with van der Waals surface area (Å²) >= 11 is 0. The van der Waals surface area contributed by atoms with E-state index in [9.17, 15) is 24.2 Å². The van der Waals surface area contributed by atoms with Crippen LogP contribution in [0.1, 0.15) is 136 Å². The first-order chi connectivity index (χ1) is 26.4. The number of rotatable bonds is 36. The Morgan fingerprint density at radius 2 is 1.27 bits per heavy atom. The second-order valence-corrected chi connectivity index (χ2v) is 16.2. The van der Waals surface area contributed by atoms with E-state index in [2.05, 4.69) is 50.3 Å². The van der Waals surface area contributed by atoms with Crippen LogP contribution in [0.5, 0.6) is 0 Å². The Morgan fingerprint density at radius 3 is 1.87 bits per heavy atom. The first kappa shape index (κ1) is 52.4. The normalized spacial score (nSPS) is 15.0. The molecule has 3 atom stereocenters. The van der Waals surface area contributed by atoms with Gasteiger partial charge in [-0.15, -0.1) is 0 Å². The fourth-order valence-electron chi connectivity index (χ4n) is 5.06. The predicted octanol–water partition coefficient (Wildman–Crippen LogP) is 9.80. The van der Waals surface area contributed by atoms with Gasteiger partial charge in [-0.1, -0.05) is 151 Å². The Hall–Kier alpha value is -2.59. The third-order valence-electron chi connectivity index (χ3n) is 8.33. The van der Waals surface area contributed by atoms with Gasteiger partial charge in [0.25, 0.3) is 7.82 Å². The number of hydrogen-bond donors (Lipinski definition) is 1. The van der Waals surface area contributed by atoms with Crippen LogP contribution in [0.25, 0.3) is 0 Å². The van der Waals surface area contributed by atoms with Crippen LogP contribution in [-0.4, -0.2) is 81.2 Å². The molecule has 0 bridgehead atoms. The molecule has 0 aliphatic heterocycles. The van der Waals surface area contributed by atoms with Crippen LogP contribution in [-0.2, 0) is 32.7 Å². The summed E-state index contributed by atoms with van der Waals surface area (Å²) in [5.74, 6) is -1.02. The number of phosphoric acid groups is 1. The summed E-state index contributed by atoms with van der Waals surface area (Å²) in [5, 5.41) is 10.2. The largest absolute Gasteiger partial charge is 0.756 e. The van der Waals surface area contributed by atoms with E-state index in [4.69, 9.17) is 18.5 Å². The smallest absolute Gasteiger partial charge is 0.306 e. The molecule has 0 aliphatic rings. The fraction of sp³-hybridized carbons (Fsp3) is 0.682. The van der Waals surface area contributed by atoms with Crippen molar-refractivity contribution in [2.45, 2.75) is 148 Å². The van der Waals surface area contributed by atoms with Crippen molar-refractivity contribution in [1.29, 1.82) is 0 Å². The van der Waals surface area contributed by atoms with E-state index >= 15 is 0 Å². The first-order valence-corrected chi connectivity index (χ1v) is 22.2. The molecule has 2 unspecified atom stereocenters. The summed E-state index contributed by atoms with van der Waals surface area (Å²) in [6.45, 7) is 3.87. The number of ether oxygens (including phenoxy) is 2. The topological polar surface area (TPSA) is 131 Å². The molecule has 0 spiro atoms. The second-order valence-electron chi connectivity index (χ2n) is 14.8. The highest BCUT2D eigenvalue weighted by Gasteiger charge is 2.21. The first-order valence-electron chi connectivity index (χ1n) is 20.8. The van der Waals surface area contributed by atoms with E-state index in [1.165, 1.54) is 44.9 Å². The lowest BCUT2D eigenvalue weighted by Crippen LogP contribution is -2.37. The van der Waals surface area contributed by atoms with Crippen LogP contribution in [0.2, 0.25) is 0 Å². The second kappa shape index (κ2) is 35.8. The zero-order valence-corrected chi connectivity index (χ0v) is 35.8. The Balaban J connectivity index is 4.64. The molecule has 0 saturated heterocycles. The van der Waals surface area contributed by atoms with Crippen molar-refractivity contribution < 1.29 is 47.2 Å². The lowest BCUT2D eigenvalue weighted by Gasteiger charge is -2.28. The van der Waals surface area contributed by atoms with Crippen molar-refractivity contribution >= 4 is 19.8 Å². The molecule has 1 N–H and O–H groups in total. The molecular formula is C44H76NO9P. The van der Waals surface area contributed by atoms with Gasteiger partial charge >= 0.3 is 11.9 Å². The van der Waals surface area contributed by atoms with Gasteiger partial charge < -0.3 is 33.0 Å². The molecule has 0 aromatic rings. The summed E-state index contributed by atoms with van der Waals surface area (Å²) in [5.41, 5.74) is 0. The summed E-state index contributed by atoms with van der Waals surface area (Å²) < 4.78 is 33.6. The van der Waals surface area contributed by atoms with Gasteiger partial charge in [0.2, 0.25) is 0 Å². The van der Waals surface area contributed by atoms with Gasteiger partial charge in [-0.25, -0.2) is 0 Å². The molecule has 0 fully saturated rings. The Kier molecular flexibility index (Phi) is 34.1. The maximum atomic E-state index is 12.6. The highest BCUT2D eigenvalue weighted by Crippen LogP contribution is 2.38. The van der Waals surface area contributed by atoms with Crippen molar-refractivity contribution in [3.8, 4) is 0 Å². The van der Waals surface area contributed by atoms with Crippen molar-refractivity contribution in [3.05, 3.63) is 72.9 Å². The average molecular weight is 794 g/mol. The number of carbonyl (C=O) groups excluding carboxylic acids is 2. The lowest BCUT2D eigenvalue weighted by molar-refractivity contribution is -0.870. The molecular weight excluding hydrogens is 717 g/mol. The monoisotopic (exact) mass is 794 g/mol. The molecule has 0 heterocycles. The Labute approximate surface area is 334 Å². The highest BCUT2D eigenvalue weighted by molar-refractivity contribution is 7.45. The van der Waals surface area contributed by atoms with Gasteiger partial charge in [-0.05, 0) is 44.9 Å². The number of esters is 2. The van der Waals surface area contributed by atoms with Gasteiger partial charge in [0.1, 0.15) is 19.8 Å². The van der Waals surface area contributed by atoms with Crippen LogP contribution in [0.4, 0.5) is 0 Å². The van der Waals surface area contributed by atoms with Crippen LogP contribution in [0, 0.1) is 0 Å². The molecule has 55 heavy (non-hydrogen) atoms. The van der Waals surface area contributed by atoms with E-state index in [1.54, 1.807) is 18.2 Å². The van der Waals surface area contributed by atoms with E-state index in [1.807, 2.05) is 39.4 Å². The van der Waals surface area contributed by atoms with E-state index in [-0.39, 0.29) is 26.1 Å². The van der Waals surface area contributed by atoms with Crippen molar-refractivity contribution in [3.63, 3.8) is 0 Å². The third-order valence-corrected chi connectivity index (χ3v) is 9.30. The summed E-state index contributed by atoms with van der Waals surface area (Å²) in [6.07, 6.45) is 39.7. The van der Waals surface area contributed by atoms with Gasteiger partial charge in [-0.2, -0.15) is 0 Å². The van der Waals surface area contributed by atoms with Gasteiger partial charge in [-0.3, -0.25) is 14.2 Å². The molecule has 0 radical (unpaired) electrons. The molecule has 0 amide bonds.